The third-order valence-electron chi connectivity index (χ3n) is 1.48. The van der Waals surface area contributed by atoms with E-state index in [9.17, 15) is 31.2 Å². The molecule has 0 aromatic rings. The molecule has 100 valence electrons. The van der Waals surface area contributed by atoms with E-state index in [0.29, 0.717) is 0 Å². The van der Waals surface area contributed by atoms with E-state index in [-0.39, 0.29) is 0 Å². The van der Waals surface area contributed by atoms with Gasteiger partial charge < -0.3 is 10.4 Å². The van der Waals surface area contributed by atoms with Crippen LogP contribution in [0.3, 0.4) is 0 Å². The number of halogens is 3. The van der Waals surface area contributed by atoms with Gasteiger partial charge in [-0.1, -0.05) is 0 Å². The SMILES string of the molecule is CC(=O)N[C@@H](CS(=O)(=O)CC(F)(F)F)C(=O)O. The van der Waals surface area contributed by atoms with Gasteiger partial charge in [-0.25, -0.2) is 13.2 Å². The molecule has 0 aliphatic rings. The van der Waals surface area contributed by atoms with Crippen LogP contribution in [0.25, 0.3) is 0 Å². The average Bonchev–Trinajstić information content (AvgIpc) is 1.95. The highest BCUT2D eigenvalue weighted by molar-refractivity contribution is 7.91. The van der Waals surface area contributed by atoms with E-state index in [2.05, 4.69) is 0 Å². The number of aliphatic carboxylic acids is 1. The first-order valence-corrected chi connectivity index (χ1v) is 6.02. The quantitative estimate of drug-likeness (QED) is 0.709. The van der Waals surface area contributed by atoms with Crippen LogP contribution in [0.1, 0.15) is 6.92 Å². The predicted octanol–water partition coefficient (Wildman–Crippen LogP) is -0.447. The van der Waals surface area contributed by atoms with Crippen molar-refractivity contribution in [1.82, 2.24) is 5.32 Å². The number of carboxylic acids is 1. The maximum atomic E-state index is 11.9. The minimum atomic E-state index is -4.95. The van der Waals surface area contributed by atoms with Gasteiger partial charge in [0.25, 0.3) is 0 Å². The lowest BCUT2D eigenvalue weighted by atomic mass is 10.3. The van der Waals surface area contributed by atoms with E-state index in [4.69, 9.17) is 5.11 Å². The van der Waals surface area contributed by atoms with Crippen molar-refractivity contribution in [2.45, 2.75) is 19.1 Å². The molecule has 0 aliphatic heterocycles. The average molecular weight is 277 g/mol. The number of carbonyl (C=O) groups is 2. The van der Waals surface area contributed by atoms with Crippen molar-refractivity contribution in [3.63, 3.8) is 0 Å². The van der Waals surface area contributed by atoms with E-state index >= 15 is 0 Å². The van der Waals surface area contributed by atoms with Crippen molar-refractivity contribution in [2.75, 3.05) is 11.5 Å². The first-order chi connectivity index (χ1) is 7.43. The van der Waals surface area contributed by atoms with E-state index in [0.717, 1.165) is 6.92 Å². The Morgan fingerprint density at radius 2 is 1.82 bits per heavy atom. The molecule has 10 heteroatoms. The van der Waals surface area contributed by atoms with Crippen molar-refractivity contribution in [1.29, 1.82) is 0 Å². The van der Waals surface area contributed by atoms with Crippen LogP contribution in [0.15, 0.2) is 0 Å². The zero-order valence-corrected chi connectivity index (χ0v) is 9.43. The Morgan fingerprint density at radius 3 is 2.12 bits per heavy atom. The Labute approximate surface area is 94.7 Å². The fraction of sp³-hybridized carbons (Fsp3) is 0.714. The monoisotopic (exact) mass is 277 g/mol. The van der Waals surface area contributed by atoms with Crippen LogP contribution in [0.2, 0.25) is 0 Å². The fourth-order valence-corrected chi connectivity index (χ4v) is 2.33. The van der Waals surface area contributed by atoms with Crippen molar-refractivity contribution >= 4 is 21.7 Å². The Kier molecular flexibility index (Phi) is 4.93. The molecular weight excluding hydrogens is 267 g/mol. The molecule has 6 nitrogen and oxygen atoms in total. The molecule has 0 unspecified atom stereocenters. The summed E-state index contributed by atoms with van der Waals surface area (Å²) >= 11 is 0. The number of hydrogen-bond donors (Lipinski definition) is 2. The standard InChI is InChI=1S/C7H10F3NO5S/c1-4(12)11-5(6(13)14)2-17(15,16)3-7(8,9)10/h5H,2-3H2,1H3,(H,11,12)(H,13,14)/t5-/m0/s1. The lowest BCUT2D eigenvalue weighted by Gasteiger charge is -2.14. The van der Waals surface area contributed by atoms with Crippen LogP contribution < -0.4 is 5.32 Å². The van der Waals surface area contributed by atoms with Gasteiger partial charge in [-0.15, -0.1) is 0 Å². The normalized spacial score (nSPS) is 14.1. The number of carboxylic acid groups (broad SMARTS) is 1. The van der Waals surface area contributed by atoms with Gasteiger partial charge >= 0.3 is 12.1 Å². The van der Waals surface area contributed by atoms with Gasteiger partial charge in [-0.2, -0.15) is 13.2 Å². The molecule has 0 heterocycles. The van der Waals surface area contributed by atoms with Crippen molar-refractivity contribution in [2.24, 2.45) is 0 Å². The van der Waals surface area contributed by atoms with E-state index in [1.165, 1.54) is 0 Å². The summed E-state index contributed by atoms with van der Waals surface area (Å²) in [6.45, 7) is 0.923. The van der Waals surface area contributed by atoms with Crippen molar-refractivity contribution in [3.8, 4) is 0 Å². The molecule has 1 atom stereocenters. The highest BCUT2D eigenvalue weighted by Crippen LogP contribution is 2.18. The predicted molar refractivity (Wildman–Crippen MR) is 49.9 cm³/mol. The zero-order valence-electron chi connectivity index (χ0n) is 8.61. The maximum Gasteiger partial charge on any atom is 0.402 e. The lowest BCUT2D eigenvalue weighted by molar-refractivity contribution is -0.140. The molecule has 2 N–H and O–H groups in total. The number of sulfone groups is 1. The molecular formula is C7H10F3NO5S. The topological polar surface area (TPSA) is 101 Å². The summed E-state index contributed by atoms with van der Waals surface area (Å²) in [6.07, 6.45) is -4.95. The van der Waals surface area contributed by atoms with Gasteiger partial charge in [0.15, 0.2) is 9.84 Å². The molecule has 0 aliphatic carbocycles. The number of amides is 1. The first kappa shape index (κ1) is 15.7. The van der Waals surface area contributed by atoms with Crippen LogP contribution in [0, 0.1) is 0 Å². The number of nitrogens with one attached hydrogen (secondary N) is 1. The van der Waals surface area contributed by atoms with Crippen LogP contribution in [-0.4, -0.2) is 49.1 Å². The Balaban J connectivity index is 4.76. The summed E-state index contributed by atoms with van der Waals surface area (Å²) in [5.74, 6) is -5.99. The minimum Gasteiger partial charge on any atom is -0.480 e. The number of hydrogen-bond acceptors (Lipinski definition) is 4. The van der Waals surface area contributed by atoms with E-state index in [1.807, 2.05) is 0 Å². The third-order valence-corrected chi connectivity index (χ3v) is 3.09. The largest absolute Gasteiger partial charge is 0.480 e. The Hall–Kier alpha value is -1.32. The fourth-order valence-electron chi connectivity index (χ4n) is 0.982. The number of rotatable bonds is 5. The van der Waals surface area contributed by atoms with Crippen molar-refractivity contribution in [3.05, 3.63) is 0 Å². The molecule has 0 fully saturated rings. The van der Waals surface area contributed by atoms with Gasteiger partial charge in [0.2, 0.25) is 5.91 Å². The molecule has 17 heavy (non-hydrogen) atoms. The highest BCUT2D eigenvalue weighted by Gasteiger charge is 2.37. The smallest absolute Gasteiger partial charge is 0.402 e. The van der Waals surface area contributed by atoms with Crippen LogP contribution in [0.5, 0.6) is 0 Å². The molecule has 0 aromatic heterocycles. The molecule has 0 radical (unpaired) electrons. The maximum absolute atomic E-state index is 11.9. The second-order valence-electron chi connectivity index (χ2n) is 3.26. The van der Waals surface area contributed by atoms with Crippen molar-refractivity contribution < 1.29 is 36.3 Å². The van der Waals surface area contributed by atoms with E-state index < -0.39 is 45.4 Å². The molecule has 0 bridgehead atoms. The molecule has 0 aromatic carbocycles. The summed E-state index contributed by atoms with van der Waals surface area (Å²) in [7, 11) is -4.65. The molecule has 0 rings (SSSR count). The molecule has 1 amide bonds. The van der Waals surface area contributed by atoms with Gasteiger partial charge in [0.1, 0.15) is 11.8 Å². The van der Waals surface area contributed by atoms with Gasteiger partial charge in [0.05, 0.1) is 5.75 Å². The summed E-state index contributed by atoms with van der Waals surface area (Å²) in [6, 6.07) is -1.89. The molecule has 0 saturated carbocycles. The van der Waals surface area contributed by atoms with Crippen LogP contribution in [0.4, 0.5) is 13.2 Å². The summed E-state index contributed by atoms with van der Waals surface area (Å²) < 4.78 is 57.6. The summed E-state index contributed by atoms with van der Waals surface area (Å²) in [4.78, 5) is 21.1. The zero-order chi connectivity index (χ0) is 13.9. The minimum absolute atomic E-state index is 0.848. The highest BCUT2D eigenvalue weighted by atomic mass is 32.2. The van der Waals surface area contributed by atoms with Gasteiger partial charge in [0, 0.05) is 6.92 Å². The van der Waals surface area contributed by atoms with Gasteiger partial charge in [-0.3, -0.25) is 4.79 Å². The first-order valence-electron chi connectivity index (χ1n) is 4.20. The summed E-state index contributed by atoms with van der Waals surface area (Å²) in [5, 5.41) is 10.3. The number of carbonyl (C=O) groups excluding carboxylic acids is 1. The Morgan fingerprint density at radius 1 is 1.35 bits per heavy atom. The molecule has 0 spiro atoms. The van der Waals surface area contributed by atoms with Crippen LogP contribution in [-0.2, 0) is 19.4 Å². The number of alkyl halides is 3. The Bertz CT molecular complexity index is 402. The van der Waals surface area contributed by atoms with Crippen LogP contribution >= 0.6 is 0 Å². The second kappa shape index (κ2) is 5.34. The molecule has 0 saturated heterocycles. The lowest BCUT2D eigenvalue weighted by Crippen LogP contribution is -2.45. The second-order valence-corrected chi connectivity index (χ2v) is 5.37. The van der Waals surface area contributed by atoms with Gasteiger partial charge in [-0.05, 0) is 0 Å². The summed E-state index contributed by atoms with van der Waals surface area (Å²) in [5.41, 5.74) is 0. The third kappa shape index (κ3) is 7.55. The van der Waals surface area contributed by atoms with E-state index in [1.54, 1.807) is 5.32 Å².